The molecule has 10 atom stereocenters. The number of hydrogen-bond donors (Lipinski definition) is 4. The lowest BCUT2D eigenvalue weighted by Gasteiger charge is -2.28. The Bertz CT molecular complexity index is 1050. The number of aliphatic hydroxyl groups excluding tert-OH is 2. The number of epoxide rings is 1. The van der Waals surface area contributed by atoms with Gasteiger partial charge >= 0.3 is 12.1 Å². The van der Waals surface area contributed by atoms with E-state index in [1.54, 1.807) is 19.1 Å². The molecule has 0 radical (unpaired) electrons. The Labute approximate surface area is 275 Å². The number of alkyl carbamates (subject to hydrolysis) is 1. The molecule has 11 nitrogen and oxygen atoms in total. The molecule has 262 valence electrons. The fourth-order valence-corrected chi connectivity index (χ4v) is 6.11. The van der Waals surface area contributed by atoms with Gasteiger partial charge in [-0.15, -0.1) is 0 Å². The summed E-state index contributed by atoms with van der Waals surface area (Å²) < 4.78 is 22.8. The van der Waals surface area contributed by atoms with Crippen molar-refractivity contribution < 1.29 is 43.9 Å². The number of carbonyl (C=O) groups excluding carboxylic acids is 2. The molecule has 4 N–H and O–H groups in total. The molecule has 46 heavy (non-hydrogen) atoms. The first-order valence-corrected chi connectivity index (χ1v) is 17.0. The van der Waals surface area contributed by atoms with Crippen molar-refractivity contribution in [1.82, 2.24) is 10.2 Å². The van der Waals surface area contributed by atoms with Crippen LogP contribution >= 0.6 is 0 Å². The lowest BCUT2D eigenvalue weighted by Crippen LogP contribution is -2.42. The van der Waals surface area contributed by atoms with Gasteiger partial charge in [0.1, 0.15) is 12.2 Å². The number of ether oxygens (including phenoxy) is 4. The highest BCUT2D eigenvalue weighted by Gasteiger charge is 2.47. The average Bonchev–Trinajstić information content (AvgIpc) is 3.77. The number of nitrogens with one attached hydrogen (secondary N) is 1. The van der Waals surface area contributed by atoms with E-state index < -0.39 is 42.1 Å². The van der Waals surface area contributed by atoms with E-state index in [-0.39, 0.29) is 36.4 Å². The van der Waals surface area contributed by atoms with E-state index in [1.165, 1.54) is 0 Å². The zero-order valence-electron chi connectivity index (χ0n) is 28.6. The predicted molar refractivity (Wildman–Crippen MR) is 175 cm³/mol. The van der Waals surface area contributed by atoms with Gasteiger partial charge in [-0.2, -0.15) is 0 Å². The Hall–Kier alpha value is -2.28. The maximum atomic E-state index is 12.8. The van der Waals surface area contributed by atoms with E-state index in [0.717, 1.165) is 25.2 Å². The lowest BCUT2D eigenvalue weighted by molar-refractivity contribution is -0.151. The van der Waals surface area contributed by atoms with Gasteiger partial charge in [-0.25, -0.2) is 4.79 Å². The van der Waals surface area contributed by atoms with E-state index in [0.29, 0.717) is 45.4 Å². The number of morpholine rings is 1. The van der Waals surface area contributed by atoms with E-state index >= 15 is 0 Å². The first-order valence-electron chi connectivity index (χ1n) is 17.0. The average molecular weight is 651 g/mol. The zero-order chi connectivity index (χ0) is 33.9. The van der Waals surface area contributed by atoms with Crippen LogP contribution in [-0.4, -0.2) is 114 Å². The molecule has 3 aliphatic heterocycles. The Morgan fingerprint density at radius 1 is 1.24 bits per heavy atom. The summed E-state index contributed by atoms with van der Waals surface area (Å²) >= 11 is 0. The summed E-state index contributed by atoms with van der Waals surface area (Å²) in [6.45, 7) is 15.6. The number of esters is 1. The van der Waals surface area contributed by atoms with E-state index in [9.17, 15) is 24.9 Å². The summed E-state index contributed by atoms with van der Waals surface area (Å²) in [5.41, 5.74) is -0.370. The molecule has 2 saturated heterocycles. The fourth-order valence-electron chi connectivity index (χ4n) is 6.11. The molecule has 0 bridgehead atoms. The highest BCUT2D eigenvalue weighted by Crippen LogP contribution is 2.37. The zero-order valence-corrected chi connectivity index (χ0v) is 28.6. The monoisotopic (exact) mass is 650 g/mol. The van der Waals surface area contributed by atoms with Gasteiger partial charge in [0.15, 0.2) is 0 Å². The summed E-state index contributed by atoms with van der Waals surface area (Å²) in [7, 11) is 0. The number of carbonyl (C=O) groups is 2. The summed E-state index contributed by atoms with van der Waals surface area (Å²) in [5.74, 6) is -0.825. The van der Waals surface area contributed by atoms with Crippen molar-refractivity contribution in [1.29, 1.82) is 0 Å². The number of amides is 1. The standard InChI is InChI=1S/C35H58N2O9/c1-7-28(39)26(5)33-30(44-33)22-35(6,42)14-8-9-24(3)32-25(4)11-13-29(23(2)10-12-27(38)21-31(40)46-32)45-34(41)36-15-16-37-17-19-43-20-18-37/h8-9,11,13-14,23,25-30,32-33,38-39,42H,7,10,12,15-22H2,1-6H3,(H,36,41)/b13-11-,14-8+,24-9+. The van der Waals surface area contributed by atoms with Crippen LogP contribution < -0.4 is 5.32 Å². The molecule has 0 aromatic heterocycles. The van der Waals surface area contributed by atoms with Crippen molar-refractivity contribution in [3.8, 4) is 0 Å². The van der Waals surface area contributed by atoms with E-state index in [4.69, 9.17) is 18.9 Å². The molecule has 11 heteroatoms. The minimum absolute atomic E-state index is 0.00323. The fraction of sp³-hybridized carbons (Fsp3) is 0.771. The predicted octanol–water partition coefficient (Wildman–Crippen LogP) is 3.52. The number of cyclic esters (lactones) is 1. The number of rotatable bonds is 12. The molecule has 10 unspecified atom stereocenters. The minimum atomic E-state index is -1.13. The maximum Gasteiger partial charge on any atom is 0.407 e. The van der Waals surface area contributed by atoms with Gasteiger partial charge in [0.25, 0.3) is 0 Å². The van der Waals surface area contributed by atoms with Crippen LogP contribution in [0.2, 0.25) is 0 Å². The molecule has 2 fully saturated rings. The van der Waals surface area contributed by atoms with Gasteiger partial charge < -0.3 is 39.6 Å². The van der Waals surface area contributed by atoms with Gasteiger partial charge in [-0.05, 0) is 50.7 Å². The molecule has 3 rings (SSSR count). The Balaban J connectivity index is 1.64. The van der Waals surface area contributed by atoms with Gasteiger partial charge in [-0.1, -0.05) is 52.0 Å². The van der Waals surface area contributed by atoms with Crippen molar-refractivity contribution in [2.24, 2.45) is 17.8 Å². The molecule has 0 aliphatic carbocycles. The largest absolute Gasteiger partial charge is 0.457 e. The third-order valence-corrected chi connectivity index (χ3v) is 9.35. The first-order chi connectivity index (χ1) is 21.8. The number of allylic oxidation sites excluding steroid dienone is 2. The van der Waals surface area contributed by atoms with Crippen LogP contribution in [0.25, 0.3) is 0 Å². The second-order valence-corrected chi connectivity index (χ2v) is 13.6. The van der Waals surface area contributed by atoms with Crippen LogP contribution in [0.15, 0.2) is 36.0 Å². The van der Waals surface area contributed by atoms with E-state index in [2.05, 4.69) is 10.2 Å². The summed E-state index contributed by atoms with van der Waals surface area (Å²) in [4.78, 5) is 27.7. The Kier molecular flexibility index (Phi) is 15.2. The van der Waals surface area contributed by atoms with Crippen LogP contribution in [0.3, 0.4) is 0 Å². The SMILES string of the molecule is CCC(O)C(C)C1OC1CC(C)(O)/C=C/C=C(\C)C1OC(=O)CC(O)CCC(C)C(OC(=O)NCCN2CCOCC2)/C=C\C1C. The maximum absolute atomic E-state index is 12.8. The summed E-state index contributed by atoms with van der Waals surface area (Å²) in [6, 6.07) is 0. The normalized spacial score (nSPS) is 33.5. The summed E-state index contributed by atoms with van der Waals surface area (Å²) in [6.07, 6.45) is 7.75. The molecule has 0 saturated carbocycles. The van der Waals surface area contributed by atoms with Gasteiger partial charge in [-0.3, -0.25) is 9.69 Å². The highest BCUT2D eigenvalue weighted by atomic mass is 16.6. The molecule has 3 aliphatic rings. The van der Waals surface area contributed by atoms with Crippen molar-refractivity contribution in [3.05, 3.63) is 36.0 Å². The molecule has 0 aromatic carbocycles. The molecular weight excluding hydrogens is 592 g/mol. The number of nitrogens with zero attached hydrogens (tertiary/aromatic N) is 1. The van der Waals surface area contributed by atoms with Gasteiger partial charge in [0.2, 0.25) is 0 Å². The topological polar surface area (TPSA) is 150 Å². The molecule has 0 spiro atoms. The van der Waals surface area contributed by atoms with Crippen LogP contribution in [0.4, 0.5) is 4.79 Å². The molecule has 1 amide bonds. The molecule has 0 aromatic rings. The van der Waals surface area contributed by atoms with Crippen LogP contribution in [0.5, 0.6) is 0 Å². The van der Waals surface area contributed by atoms with Crippen LogP contribution in [-0.2, 0) is 23.7 Å². The number of hydrogen-bond acceptors (Lipinski definition) is 10. The Morgan fingerprint density at radius 3 is 2.65 bits per heavy atom. The number of aliphatic hydroxyl groups is 3. The lowest BCUT2D eigenvalue weighted by atomic mass is 9.91. The van der Waals surface area contributed by atoms with Crippen molar-refractivity contribution in [2.45, 2.75) is 116 Å². The second-order valence-electron chi connectivity index (χ2n) is 13.6. The first kappa shape index (κ1) is 38.2. The molecular formula is C35H58N2O9. The minimum Gasteiger partial charge on any atom is -0.457 e. The van der Waals surface area contributed by atoms with Crippen molar-refractivity contribution in [3.63, 3.8) is 0 Å². The Morgan fingerprint density at radius 2 is 1.96 bits per heavy atom. The van der Waals surface area contributed by atoms with E-state index in [1.807, 2.05) is 52.8 Å². The van der Waals surface area contributed by atoms with Gasteiger partial charge in [0.05, 0.1) is 49.7 Å². The third-order valence-electron chi connectivity index (χ3n) is 9.35. The highest BCUT2D eigenvalue weighted by molar-refractivity contribution is 5.70. The van der Waals surface area contributed by atoms with Crippen LogP contribution in [0.1, 0.15) is 73.6 Å². The second kappa shape index (κ2) is 18.3. The summed E-state index contributed by atoms with van der Waals surface area (Å²) in [5, 5.41) is 34.5. The van der Waals surface area contributed by atoms with Crippen molar-refractivity contribution in [2.75, 3.05) is 39.4 Å². The van der Waals surface area contributed by atoms with Crippen molar-refractivity contribution >= 4 is 12.1 Å². The smallest absolute Gasteiger partial charge is 0.407 e. The molecule has 3 heterocycles. The quantitative estimate of drug-likeness (QED) is 0.107. The van der Waals surface area contributed by atoms with Crippen LogP contribution in [0, 0.1) is 17.8 Å². The third kappa shape index (κ3) is 12.7. The van der Waals surface area contributed by atoms with Gasteiger partial charge in [0, 0.05) is 44.4 Å².